The average molecular weight is 415 g/mol. The Labute approximate surface area is 169 Å². The molecule has 0 radical (unpaired) electrons. The van der Waals surface area contributed by atoms with Crippen molar-refractivity contribution in [3.8, 4) is 0 Å². The Morgan fingerprint density at radius 1 is 1.10 bits per heavy atom. The van der Waals surface area contributed by atoms with E-state index in [2.05, 4.69) is 15.0 Å². The normalized spacial score (nSPS) is 15.4. The predicted molar refractivity (Wildman–Crippen MR) is 108 cm³/mol. The molecule has 152 valence electrons. The Morgan fingerprint density at radius 3 is 2.62 bits per heavy atom. The highest BCUT2D eigenvalue weighted by Gasteiger charge is 2.29. The maximum absolute atomic E-state index is 12.0. The summed E-state index contributed by atoms with van der Waals surface area (Å²) in [4.78, 5) is 28.1. The van der Waals surface area contributed by atoms with Gasteiger partial charge in [0.05, 0.1) is 17.9 Å². The third kappa shape index (κ3) is 5.00. The van der Waals surface area contributed by atoms with Crippen molar-refractivity contribution in [1.82, 2.24) is 4.72 Å². The zero-order valence-electron chi connectivity index (χ0n) is 15.8. The number of aryl methyl sites for hydroxylation is 1. The summed E-state index contributed by atoms with van der Waals surface area (Å²) in [5.41, 5.74) is 2.15. The molecule has 3 rings (SSSR count). The monoisotopic (exact) mass is 415 g/mol. The second-order valence-electron chi connectivity index (χ2n) is 6.30. The molecule has 2 aromatic carbocycles. The number of amidine groups is 1. The smallest absolute Gasteiger partial charge is 0.308 e. The molecule has 0 spiro atoms. The highest BCUT2D eigenvalue weighted by Crippen LogP contribution is 2.22. The summed E-state index contributed by atoms with van der Waals surface area (Å²) in [6, 6.07) is 13.9. The molecular weight excluding hydrogens is 394 g/mol. The Hall–Kier alpha value is -3.20. The van der Waals surface area contributed by atoms with Crippen molar-refractivity contribution in [2.75, 3.05) is 18.5 Å². The number of carbonyl (C=O) groups is 2. The molecule has 2 aromatic rings. The molecular formula is C20H21N3O5S. The second kappa shape index (κ2) is 8.87. The summed E-state index contributed by atoms with van der Waals surface area (Å²) in [6.07, 6.45) is 0.690. The van der Waals surface area contributed by atoms with Crippen LogP contribution in [0.3, 0.4) is 0 Å². The van der Waals surface area contributed by atoms with Gasteiger partial charge in [0.2, 0.25) is 0 Å². The van der Waals surface area contributed by atoms with E-state index in [1.54, 1.807) is 24.3 Å². The number of ether oxygens (including phenoxy) is 1. The van der Waals surface area contributed by atoms with Crippen molar-refractivity contribution < 1.29 is 22.7 Å². The van der Waals surface area contributed by atoms with Crippen LogP contribution >= 0.6 is 0 Å². The predicted octanol–water partition coefficient (Wildman–Crippen LogP) is 1.86. The van der Waals surface area contributed by atoms with Gasteiger partial charge >= 0.3 is 5.97 Å². The summed E-state index contributed by atoms with van der Waals surface area (Å²) in [5, 5.41) is 2.72. The van der Waals surface area contributed by atoms with E-state index in [9.17, 15) is 18.0 Å². The molecule has 1 heterocycles. The molecule has 0 bridgehead atoms. The van der Waals surface area contributed by atoms with E-state index in [1.165, 1.54) is 6.07 Å². The van der Waals surface area contributed by atoms with Crippen LogP contribution in [0.5, 0.6) is 0 Å². The number of rotatable bonds is 7. The number of carbonyl (C=O) groups excluding carboxylic acids is 2. The lowest BCUT2D eigenvalue weighted by Crippen LogP contribution is -2.23. The third-order valence-electron chi connectivity index (χ3n) is 4.29. The number of sulfonamides is 1. The number of nitrogens with one attached hydrogen (secondary N) is 2. The van der Waals surface area contributed by atoms with Crippen LogP contribution in [0.25, 0.3) is 0 Å². The number of anilines is 1. The molecule has 0 saturated carbocycles. The first-order valence-electron chi connectivity index (χ1n) is 9.10. The molecule has 1 aliphatic heterocycles. The minimum Gasteiger partial charge on any atom is -0.456 e. The van der Waals surface area contributed by atoms with E-state index in [-0.39, 0.29) is 23.7 Å². The lowest BCUT2D eigenvalue weighted by Gasteiger charge is -2.09. The summed E-state index contributed by atoms with van der Waals surface area (Å²) >= 11 is 0. The van der Waals surface area contributed by atoms with Gasteiger partial charge < -0.3 is 10.1 Å². The van der Waals surface area contributed by atoms with Crippen LogP contribution in [0.4, 0.5) is 5.69 Å². The zero-order chi connectivity index (χ0) is 20.9. The molecule has 0 saturated heterocycles. The zero-order valence-corrected chi connectivity index (χ0v) is 16.7. The molecule has 0 aliphatic carbocycles. The van der Waals surface area contributed by atoms with Crippen molar-refractivity contribution in [1.29, 1.82) is 0 Å². The topological polar surface area (TPSA) is 114 Å². The van der Waals surface area contributed by atoms with Crippen molar-refractivity contribution in [2.45, 2.75) is 24.7 Å². The molecule has 0 fully saturated rings. The number of fused-ring (bicyclic) bond motifs is 1. The van der Waals surface area contributed by atoms with Crippen LogP contribution in [-0.2, 0) is 30.8 Å². The standard InChI is InChI=1S/C20H21N3O5S/c1-2-14-7-3-5-9-16(14)22-18(24)13-28-19(25)11-12-21-20-15-8-4-6-10-17(15)29(26,27)23-20/h3-10H,2,11-13H2,1H3,(H,21,23)(H,22,24). The van der Waals surface area contributed by atoms with E-state index >= 15 is 0 Å². The molecule has 8 nitrogen and oxygen atoms in total. The van der Waals surface area contributed by atoms with E-state index in [0.29, 0.717) is 11.3 Å². The lowest BCUT2D eigenvalue weighted by atomic mass is 10.1. The van der Waals surface area contributed by atoms with Gasteiger partial charge in [0.25, 0.3) is 15.9 Å². The van der Waals surface area contributed by atoms with Gasteiger partial charge in [-0.05, 0) is 30.2 Å². The molecule has 0 unspecified atom stereocenters. The minimum absolute atomic E-state index is 0.0330. The Kier molecular flexibility index (Phi) is 6.28. The maximum Gasteiger partial charge on any atom is 0.308 e. The van der Waals surface area contributed by atoms with Gasteiger partial charge in [-0.1, -0.05) is 37.3 Å². The lowest BCUT2D eigenvalue weighted by molar-refractivity contribution is -0.147. The minimum atomic E-state index is -3.61. The highest BCUT2D eigenvalue weighted by molar-refractivity contribution is 7.90. The summed E-state index contributed by atoms with van der Waals surface area (Å²) in [7, 11) is -3.61. The summed E-state index contributed by atoms with van der Waals surface area (Å²) in [6.45, 7) is 1.61. The first-order chi connectivity index (χ1) is 13.9. The molecule has 0 atom stereocenters. The number of amides is 1. The highest BCUT2D eigenvalue weighted by atomic mass is 32.2. The van der Waals surface area contributed by atoms with Crippen molar-refractivity contribution >= 4 is 33.4 Å². The number of para-hydroxylation sites is 1. The number of hydrogen-bond acceptors (Lipinski definition) is 6. The fourth-order valence-electron chi connectivity index (χ4n) is 2.87. The van der Waals surface area contributed by atoms with Gasteiger partial charge in [-0.25, -0.2) is 8.42 Å². The van der Waals surface area contributed by atoms with Crippen LogP contribution < -0.4 is 10.0 Å². The van der Waals surface area contributed by atoms with Gasteiger partial charge in [0.1, 0.15) is 5.84 Å². The van der Waals surface area contributed by atoms with Crippen molar-refractivity contribution in [3.63, 3.8) is 0 Å². The number of nitrogens with zero attached hydrogens (tertiary/aromatic N) is 1. The Bertz CT molecular complexity index is 1060. The molecule has 1 amide bonds. The quantitative estimate of drug-likeness (QED) is 0.670. The molecule has 29 heavy (non-hydrogen) atoms. The molecule has 1 aliphatic rings. The molecule has 2 N–H and O–H groups in total. The van der Waals surface area contributed by atoms with Gasteiger partial charge in [-0.2, -0.15) is 0 Å². The largest absolute Gasteiger partial charge is 0.456 e. The van der Waals surface area contributed by atoms with E-state index in [4.69, 9.17) is 4.74 Å². The second-order valence-corrected chi connectivity index (χ2v) is 7.95. The van der Waals surface area contributed by atoms with Crippen LogP contribution in [0.15, 0.2) is 58.4 Å². The summed E-state index contributed by atoms with van der Waals surface area (Å²) in [5.74, 6) is -0.826. The van der Waals surface area contributed by atoms with Crippen LogP contribution in [0.2, 0.25) is 0 Å². The number of aliphatic imine (C=N–C) groups is 1. The number of benzene rings is 2. The maximum atomic E-state index is 12.0. The Balaban J connectivity index is 1.48. The first-order valence-corrected chi connectivity index (χ1v) is 10.6. The van der Waals surface area contributed by atoms with Crippen molar-refractivity contribution in [2.24, 2.45) is 4.99 Å². The fraction of sp³-hybridized carbons (Fsp3) is 0.250. The SMILES string of the molecule is CCc1ccccc1NC(=O)COC(=O)CCN=C1NS(=O)(=O)c2ccccc21. The summed E-state index contributed by atoms with van der Waals surface area (Å²) < 4.78 is 31.3. The molecule has 0 aromatic heterocycles. The number of hydrogen-bond donors (Lipinski definition) is 2. The van der Waals surface area contributed by atoms with Crippen LogP contribution in [0.1, 0.15) is 24.5 Å². The van der Waals surface area contributed by atoms with Crippen LogP contribution in [-0.4, -0.2) is 39.3 Å². The van der Waals surface area contributed by atoms with Gasteiger partial charge in [0, 0.05) is 11.3 Å². The molecule has 9 heteroatoms. The average Bonchev–Trinajstić information content (AvgIpc) is 2.97. The van der Waals surface area contributed by atoms with E-state index in [1.807, 2.05) is 25.1 Å². The Morgan fingerprint density at radius 2 is 1.83 bits per heavy atom. The van der Waals surface area contributed by atoms with E-state index < -0.39 is 28.5 Å². The first kappa shape index (κ1) is 20.5. The van der Waals surface area contributed by atoms with Crippen molar-refractivity contribution in [3.05, 3.63) is 59.7 Å². The van der Waals surface area contributed by atoms with Gasteiger partial charge in [0.15, 0.2) is 6.61 Å². The van der Waals surface area contributed by atoms with Gasteiger partial charge in [-0.3, -0.25) is 19.3 Å². The third-order valence-corrected chi connectivity index (χ3v) is 5.68. The van der Waals surface area contributed by atoms with E-state index in [0.717, 1.165) is 12.0 Å². The van der Waals surface area contributed by atoms with Gasteiger partial charge in [-0.15, -0.1) is 0 Å². The number of esters is 1. The van der Waals surface area contributed by atoms with Crippen LogP contribution in [0, 0.1) is 0 Å². The fourth-order valence-corrected chi connectivity index (χ4v) is 4.12.